The summed E-state index contributed by atoms with van der Waals surface area (Å²) >= 11 is 1.55. The third-order valence-corrected chi connectivity index (χ3v) is 7.14. The van der Waals surface area contributed by atoms with Gasteiger partial charge in [-0.25, -0.2) is 8.42 Å². The predicted molar refractivity (Wildman–Crippen MR) is 127 cm³/mol. The molecule has 1 N–H and O–H groups in total. The lowest BCUT2D eigenvalue weighted by Gasteiger charge is -2.25. The van der Waals surface area contributed by atoms with Gasteiger partial charge in [-0.05, 0) is 60.9 Å². The normalized spacial score (nSPS) is 11.0. The van der Waals surface area contributed by atoms with E-state index in [1.807, 2.05) is 24.5 Å². The molecule has 168 valence electrons. The number of amides is 1. The SMILES string of the molecule is COc1ccc(S(=O)(=O)N(CC(=O)Nc2cccc(SC)c2)c2ccccc2OC)cc1. The van der Waals surface area contributed by atoms with Crippen LogP contribution in [-0.2, 0) is 14.8 Å². The highest BCUT2D eigenvalue weighted by atomic mass is 32.2. The van der Waals surface area contributed by atoms with Gasteiger partial charge < -0.3 is 14.8 Å². The van der Waals surface area contributed by atoms with E-state index in [2.05, 4.69) is 5.32 Å². The van der Waals surface area contributed by atoms with Crippen molar-refractivity contribution in [3.05, 3.63) is 72.8 Å². The van der Waals surface area contributed by atoms with Gasteiger partial charge in [0, 0.05) is 10.6 Å². The van der Waals surface area contributed by atoms with Crippen LogP contribution in [0.4, 0.5) is 11.4 Å². The van der Waals surface area contributed by atoms with Crippen molar-refractivity contribution in [3.63, 3.8) is 0 Å². The third-order valence-electron chi connectivity index (χ3n) is 4.64. The van der Waals surface area contributed by atoms with Crippen molar-refractivity contribution >= 4 is 39.1 Å². The van der Waals surface area contributed by atoms with Gasteiger partial charge in [-0.15, -0.1) is 11.8 Å². The molecule has 9 heteroatoms. The molecule has 0 saturated carbocycles. The van der Waals surface area contributed by atoms with Crippen LogP contribution in [0.15, 0.2) is 82.6 Å². The summed E-state index contributed by atoms with van der Waals surface area (Å²) in [6, 6.07) is 20.0. The second kappa shape index (κ2) is 10.4. The van der Waals surface area contributed by atoms with Crippen molar-refractivity contribution in [3.8, 4) is 11.5 Å². The number of rotatable bonds is 9. The molecule has 0 aliphatic rings. The summed E-state index contributed by atoms with van der Waals surface area (Å²) in [7, 11) is -1.13. The second-order valence-electron chi connectivity index (χ2n) is 6.64. The van der Waals surface area contributed by atoms with Gasteiger partial charge in [0.1, 0.15) is 18.0 Å². The number of benzene rings is 3. The molecule has 0 aromatic heterocycles. The summed E-state index contributed by atoms with van der Waals surface area (Å²) in [5.41, 5.74) is 0.850. The minimum Gasteiger partial charge on any atom is -0.497 e. The van der Waals surface area contributed by atoms with Crippen molar-refractivity contribution in [1.29, 1.82) is 0 Å². The zero-order valence-electron chi connectivity index (χ0n) is 17.9. The number of hydrogen-bond acceptors (Lipinski definition) is 6. The van der Waals surface area contributed by atoms with Crippen LogP contribution in [0.2, 0.25) is 0 Å². The molecule has 1 amide bonds. The number of carbonyl (C=O) groups is 1. The summed E-state index contributed by atoms with van der Waals surface area (Å²) in [6.07, 6.45) is 1.94. The lowest BCUT2D eigenvalue weighted by molar-refractivity contribution is -0.114. The quantitative estimate of drug-likeness (QED) is 0.469. The van der Waals surface area contributed by atoms with Gasteiger partial charge in [0.2, 0.25) is 5.91 Å². The molecule has 7 nitrogen and oxygen atoms in total. The summed E-state index contributed by atoms with van der Waals surface area (Å²) in [5, 5.41) is 2.78. The number of nitrogens with one attached hydrogen (secondary N) is 1. The Morgan fingerprint density at radius 3 is 2.34 bits per heavy atom. The molecule has 0 atom stereocenters. The Bertz CT molecular complexity index is 1180. The zero-order valence-corrected chi connectivity index (χ0v) is 19.6. The van der Waals surface area contributed by atoms with Crippen LogP contribution >= 0.6 is 11.8 Å². The van der Waals surface area contributed by atoms with E-state index >= 15 is 0 Å². The van der Waals surface area contributed by atoms with Gasteiger partial charge in [-0.2, -0.15) is 0 Å². The maximum atomic E-state index is 13.5. The fourth-order valence-corrected chi connectivity index (χ4v) is 4.93. The Morgan fingerprint density at radius 1 is 0.969 bits per heavy atom. The molecule has 0 aliphatic heterocycles. The maximum absolute atomic E-state index is 13.5. The number of carbonyl (C=O) groups excluding carboxylic acids is 1. The van der Waals surface area contributed by atoms with Crippen molar-refractivity contribution in [1.82, 2.24) is 0 Å². The highest BCUT2D eigenvalue weighted by Gasteiger charge is 2.29. The Morgan fingerprint density at radius 2 is 1.69 bits per heavy atom. The minimum atomic E-state index is -4.08. The molecule has 0 unspecified atom stereocenters. The van der Waals surface area contributed by atoms with Crippen LogP contribution in [0.3, 0.4) is 0 Å². The van der Waals surface area contributed by atoms with Gasteiger partial charge in [0.25, 0.3) is 10.0 Å². The van der Waals surface area contributed by atoms with E-state index in [4.69, 9.17) is 9.47 Å². The molecule has 32 heavy (non-hydrogen) atoms. The van der Waals surface area contributed by atoms with E-state index in [1.54, 1.807) is 54.2 Å². The van der Waals surface area contributed by atoms with Gasteiger partial charge >= 0.3 is 0 Å². The average molecular weight is 473 g/mol. The Labute approximate surface area is 192 Å². The van der Waals surface area contributed by atoms with E-state index in [1.165, 1.54) is 26.4 Å². The number of methoxy groups -OCH3 is 2. The number of nitrogens with zero attached hydrogens (tertiary/aromatic N) is 1. The molecular weight excluding hydrogens is 448 g/mol. The summed E-state index contributed by atoms with van der Waals surface area (Å²) < 4.78 is 38.6. The number of sulfonamides is 1. The number of ether oxygens (including phenoxy) is 2. The highest BCUT2D eigenvalue weighted by Crippen LogP contribution is 2.32. The molecule has 0 fully saturated rings. The lowest BCUT2D eigenvalue weighted by Crippen LogP contribution is -2.38. The van der Waals surface area contributed by atoms with Crippen molar-refractivity contribution < 1.29 is 22.7 Å². The molecule has 0 aliphatic carbocycles. The third kappa shape index (κ3) is 5.35. The van der Waals surface area contributed by atoms with Crippen LogP contribution in [0.5, 0.6) is 11.5 Å². The highest BCUT2D eigenvalue weighted by molar-refractivity contribution is 7.98. The van der Waals surface area contributed by atoms with Crippen molar-refractivity contribution in [2.75, 3.05) is 36.6 Å². The maximum Gasteiger partial charge on any atom is 0.264 e. The van der Waals surface area contributed by atoms with Crippen LogP contribution < -0.4 is 19.1 Å². The largest absolute Gasteiger partial charge is 0.497 e. The first-order chi connectivity index (χ1) is 15.4. The second-order valence-corrected chi connectivity index (χ2v) is 9.38. The number of para-hydroxylation sites is 2. The van der Waals surface area contributed by atoms with Crippen molar-refractivity contribution in [2.45, 2.75) is 9.79 Å². The minimum absolute atomic E-state index is 0.0291. The molecule has 3 aromatic carbocycles. The number of anilines is 2. The standard InChI is InChI=1S/C23H24N2O5S2/c1-29-18-11-13-20(14-12-18)32(27,28)25(21-9-4-5-10-22(21)30-2)16-23(26)24-17-7-6-8-19(15-17)31-3/h4-15H,16H2,1-3H3,(H,24,26). The summed E-state index contributed by atoms with van der Waals surface area (Å²) in [4.78, 5) is 13.9. The smallest absolute Gasteiger partial charge is 0.264 e. The number of thioether (sulfide) groups is 1. The topological polar surface area (TPSA) is 84.9 Å². The molecule has 3 rings (SSSR count). The molecule has 0 heterocycles. The van der Waals surface area contributed by atoms with E-state index in [0.717, 1.165) is 9.20 Å². The van der Waals surface area contributed by atoms with E-state index < -0.39 is 22.5 Å². The molecule has 0 radical (unpaired) electrons. The summed E-state index contributed by atoms with van der Waals surface area (Å²) in [5.74, 6) is 0.382. The Hall–Kier alpha value is -3.17. The van der Waals surface area contributed by atoms with Crippen LogP contribution in [0, 0.1) is 0 Å². The fourth-order valence-electron chi connectivity index (χ4n) is 3.04. The van der Waals surface area contributed by atoms with E-state index in [0.29, 0.717) is 17.2 Å². The molecule has 0 bridgehead atoms. The monoisotopic (exact) mass is 472 g/mol. The summed E-state index contributed by atoms with van der Waals surface area (Å²) in [6.45, 7) is -0.432. The Balaban J connectivity index is 1.97. The van der Waals surface area contributed by atoms with E-state index in [9.17, 15) is 13.2 Å². The van der Waals surface area contributed by atoms with Gasteiger partial charge in [0.05, 0.1) is 24.8 Å². The first kappa shape index (κ1) is 23.5. The van der Waals surface area contributed by atoms with Gasteiger partial charge in [0.15, 0.2) is 0 Å². The predicted octanol–water partition coefficient (Wildman–Crippen LogP) is 4.26. The zero-order chi connectivity index (χ0) is 23.1. The molecule has 3 aromatic rings. The fraction of sp³-hybridized carbons (Fsp3) is 0.174. The van der Waals surface area contributed by atoms with Gasteiger partial charge in [-0.3, -0.25) is 9.10 Å². The van der Waals surface area contributed by atoms with Gasteiger partial charge in [-0.1, -0.05) is 18.2 Å². The first-order valence-electron chi connectivity index (χ1n) is 9.62. The van der Waals surface area contributed by atoms with Crippen molar-refractivity contribution in [2.24, 2.45) is 0 Å². The Kier molecular flexibility index (Phi) is 7.66. The average Bonchev–Trinajstić information content (AvgIpc) is 2.82. The number of hydrogen-bond donors (Lipinski definition) is 1. The van der Waals surface area contributed by atoms with Crippen LogP contribution in [-0.4, -0.2) is 41.3 Å². The van der Waals surface area contributed by atoms with Crippen LogP contribution in [0.1, 0.15) is 0 Å². The van der Waals surface area contributed by atoms with Crippen LogP contribution in [0.25, 0.3) is 0 Å². The lowest BCUT2D eigenvalue weighted by atomic mass is 10.3. The first-order valence-corrected chi connectivity index (χ1v) is 12.3. The molecule has 0 saturated heterocycles. The molecule has 0 spiro atoms. The molecular formula is C23H24N2O5S2. The van der Waals surface area contributed by atoms with E-state index in [-0.39, 0.29) is 10.6 Å².